The van der Waals surface area contributed by atoms with E-state index in [0.29, 0.717) is 19.3 Å². The molecule has 0 bridgehead atoms. The van der Waals surface area contributed by atoms with Crippen molar-refractivity contribution in [3.8, 4) is 0 Å². The molecule has 1 saturated carbocycles. The lowest BCUT2D eigenvalue weighted by molar-refractivity contribution is -0.153. The molecule has 0 amide bonds. The summed E-state index contributed by atoms with van der Waals surface area (Å²) in [5.41, 5.74) is 0. The van der Waals surface area contributed by atoms with Gasteiger partial charge in [-0.3, -0.25) is 9.59 Å². The summed E-state index contributed by atoms with van der Waals surface area (Å²) >= 11 is 0. The van der Waals surface area contributed by atoms with E-state index in [1.54, 1.807) is 0 Å². The summed E-state index contributed by atoms with van der Waals surface area (Å²) in [5, 5.41) is 0. The number of unbranched alkanes of at least 4 members (excludes halogenated alkanes) is 1. The lowest BCUT2D eigenvalue weighted by Crippen LogP contribution is -2.29. The Labute approximate surface area is 106 Å². The molecule has 1 aliphatic carbocycles. The standard InChI is InChI=1S/C11H18O6S/c12-10-6-2-1-5-9(10)11(13)17-7-3-4-8-18(14,15)16/h9H,1-8H2,(H,14,15,16)/p-1. The Bertz CT molecular complexity index is 400. The maximum Gasteiger partial charge on any atom is 0.316 e. The van der Waals surface area contributed by atoms with Gasteiger partial charge in [0.05, 0.1) is 16.7 Å². The third kappa shape index (κ3) is 5.59. The van der Waals surface area contributed by atoms with Gasteiger partial charge in [-0.05, 0) is 25.7 Å². The zero-order chi connectivity index (χ0) is 13.6. The van der Waals surface area contributed by atoms with Crippen molar-refractivity contribution in [2.75, 3.05) is 12.4 Å². The fourth-order valence-electron chi connectivity index (χ4n) is 1.89. The smallest absolute Gasteiger partial charge is 0.316 e. The van der Waals surface area contributed by atoms with Crippen LogP contribution >= 0.6 is 0 Å². The van der Waals surface area contributed by atoms with Gasteiger partial charge in [0.15, 0.2) is 0 Å². The van der Waals surface area contributed by atoms with E-state index in [1.807, 2.05) is 0 Å². The Balaban J connectivity index is 2.19. The maximum atomic E-state index is 11.5. The molecule has 0 aromatic heterocycles. The Kier molecular flexibility index (Phi) is 5.74. The number of ketones is 1. The summed E-state index contributed by atoms with van der Waals surface area (Å²) in [6.45, 7) is 0.0537. The van der Waals surface area contributed by atoms with Crippen LogP contribution in [0, 0.1) is 5.92 Å². The summed E-state index contributed by atoms with van der Waals surface area (Å²) in [4.78, 5) is 23.0. The molecule has 0 radical (unpaired) electrons. The van der Waals surface area contributed by atoms with Gasteiger partial charge < -0.3 is 9.29 Å². The maximum absolute atomic E-state index is 11.5. The van der Waals surface area contributed by atoms with Crippen molar-refractivity contribution in [1.29, 1.82) is 0 Å². The molecule has 1 atom stereocenters. The van der Waals surface area contributed by atoms with Gasteiger partial charge in [0, 0.05) is 12.2 Å². The largest absolute Gasteiger partial charge is 0.748 e. The second-order valence-electron chi connectivity index (χ2n) is 4.40. The Morgan fingerprint density at radius 3 is 2.67 bits per heavy atom. The number of hydrogen-bond donors (Lipinski definition) is 0. The first-order chi connectivity index (χ1) is 8.40. The van der Waals surface area contributed by atoms with Crippen molar-refractivity contribution in [2.45, 2.75) is 38.5 Å². The average molecular weight is 277 g/mol. The minimum absolute atomic E-state index is 0.0537. The van der Waals surface area contributed by atoms with E-state index in [-0.39, 0.29) is 18.8 Å². The highest BCUT2D eigenvalue weighted by atomic mass is 32.2. The van der Waals surface area contributed by atoms with E-state index in [9.17, 15) is 22.6 Å². The molecule has 1 fully saturated rings. The zero-order valence-corrected chi connectivity index (χ0v) is 10.9. The molecule has 0 saturated heterocycles. The van der Waals surface area contributed by atoms with Gasteiger partial charge in [0.1, 0.15) is 11.7 Å². The number of Topliss-reactive ketones (excluding diaryl/α,β-unsaturated/α-hetero) is 1. The van der Waals surface area contributed by atoms with Crippen LogP contribution in [-0.2, 0) is 24.4 Å². The number of rotatable bonds is 6. The molecule has 7 heteroatoms. The van der Waals surface area contributed by atoms with Crippen LogP contribution in [0.5, 0.6) is 0 Å². The Morgan fingerprint density at radius 2 is 2.06 bits per heavy atom. The van der Waals surface area contributed by atoms with E-state index in [2.05, 4.69) is 0 Å². The second kappa shape index (κ2) is 6.84. The molecule has 104 valence electrons. The molecule has 0 aromatic carbocycles. The number of carbonyl (C=O) groups is 2. The van der Waals surface area contributed by atoms with Crippen LogP contribution in [0.4, 0.5) is 0 Å². The molecule has 0 spiro atoms. The second-order valence-corrected chi connectivity index (χ2v) is 5.92. The van der Waals surface area contributed by atoms with Crippen LogP contribution < -0.4 is 0 Å². The predicted molar refractivity (Wildman–Crippen MR) is 61.7 cm³/mol. The van der Waals surface area contributed by atoms with Gasteiger partial charge in [-0.1, -0.05) is 6.42 Å². The molecule has 1 aliphatic rings. The van der Waals surface area contributed by atoms with Crippen molar-refractivity contribution in [3.63, 3.8) is 0 Å². The quantitative estimate of drug-likeness (QED) is 0.305. The van der Waals surface area contributed by atoms with Crippen LogP contribution in [0.25, 0.3) is 0 Å². The van der Waals surface area contributed by atoms with E-state index < -0.39 is 27.8 Å². The van der Waals surface area contributed by atoms with Crippen molar-refractivity contribution < 1.29 is 27.3 Å². The normalized spacial score (nSPS) is 20.7. The number of esters is 1. The third-order valence-corrected chi connectivity index (χ3v) is 3.66. The minimum atomic E-state index is -4.20. The summed E-state index contributed by atoms with van der Waals surface area (Å²) in [5.74, 6) is -1.70. The molecule has 0 aromatic rings. The highest BCUT2D eigenvalue weighted by Crippen LogP contribution is 2.21. The lowest BCUT2D eigenvalue weighted by atomic mass is 9.88. The topological polar surface area (TPSA) is 101 Å². The van der Waals surface area contributed by atoms with E-state index >= 15 is 0 Å². The average Bonchev–Trinajstić information content (AvgIpc) is 2.27. The first kappa shape index (κ1) is 15.1. The van der Waals surface area contributed by atoms with Gasteiger partial charge in [-0.25, -0.2) is 8.42 Å². The fraction of sp³-hybridized carbons (Fsp3) is 0.818. The molecule has 0 aliphatic heterocycles. The fourth-order valence-corrected chi connectivity index (χ4v) is 2.44. The molecular weight excluding hydrogens is 260 g/mol. The highest BCUT2D eigenvalue weighted by molar-refractivity contribution is 7.85. The SMILES string of the molecule is O=C1CCCCC1C(=O)OCCCCS(=O)(=O)[O-]. The van der Waals surface area contributed by atoms with Crippen LogP contribution in [-0.4, -0.2) is 37.1 Å². The van der Waals surface area contributed by atoms with Crippen LogP contribution in [0.3, 0.4) is 0 Å². The summed E-state index contributed by atoms with van der Waals surface area (Å²) in [7, 11) is -4.20. The van der Waals surface area contributed by atoms with E-state index in [4.69, 9.17) is 4.74 Å². The van der Waals surface area contributed by atoms with E-state index in [0.717, 1.165) is 12.8 Å². The summed E-state index contributed by atoms with van der Waals surface area (Å²) in [6, 6.07) is 0. The third-order valence-electron chi connectivity index (χ3n) is 2.87. The summed E-state index contributed by atoms with van der Waals surface area (Å²) < 4.78 is 35.8. The van der Waals surface area contributed by atoms with Crippen LogP contribution in [0.15, 0.2) is 0 Å². The van der Waals surface area contributed by atoms with Gasteiger partial charge in [-0.2, -0.15) is 0 Å². The molecule has 0 heterocycles. The summed E-state index contributed by atoms with van der Waals surface area (Å²) in [6.07, 6.45) is 3.11. The molecule has 6 nitrogen and oxygen atoms in total. The highest BCUT2D eigenvalue weighted by Gasteiger charge is 2.29. The van der Waals surface area contributed by atoms with Crippen molar-refractivity contribution in [3.05, 3.63) is 0 Å². The van der Waals surface area contributed by atoms with Crippen LogP contribution in [0.2, 0.25) is 0 Å². The van der Waals surface area contributed by atoms with Gasteiger partial charge in [-0.15, -0.1) is 0 Å². The number of carbonyl (C=O) groups excluding carboxylic acids is 2. The number of ether oxygens (including phenoxy) is 1. The molecule has 1 rings (SSSR count). The Morgan fingerprint density at radius 1 is 1.33 bits per heavy atom. The van der Waals surface area contributed by atoms with Gasteiger partial charge >= 0.3 is 5.97 Å². The molecular formula is C11H17O6S-. The minimum Gasteiger partial charge on any atom is -0.748 e. The predicted octanol–water partition coefficient (Wildman–Crippen LogP) is 0.614. The first-order valence-corrected chi connectivity index (χ1v) is 7.61. The number of hydrogen-bond acceptors (Lipinski definition) is 6. The van der Waals surface area contributed by atoms with Gasteiger partial charge in [0.2, 0.25) is 0 Å². The molecule has 0 N–H and O–H groups in total. The zero-order valence-electron chi connectivity index (χ0n) is 10.1. The van der Waals surface area contributed by atoms with Crippen molar-refractivity contribution in [1.82, 2.24) is 0 Å². The Hall–Kier alpha value is -0.950. The van der Waals surface area contributed by atoms with Crippen molar-refractivity contribution in [2.24, 2.45) is 5.92 Å². The van der Waals surface area contributed by atoms with Crippen LogP contribution in [0.1, 0.15) is 38.5 Å². The lowest BCUT2D eigenvalue weighted by Gasteiger charge is -2.18. The molecule has 1 unspecified atom stereocenters. The monoisotopic (exact) mass is 277 g/mol. The van der Waals surface area contributed by atoms with Crippen molar-refractivity contribution >= 4 is 21.9 Å². The van der Waals surface area contributed by atoms with Gasteiger partial charge in [0.25, 0.3) is 0 Å². The first-order valence-electron chi connectivity index (χ1n) is 6.03. The van der Waals surface area contributed by atoms with E-state index in [1.165, 1.54) is 0 Å². The molecule has 18 heavy (non-hydrogen) atoms.